The highest BCUT2D eigenvalue weighted by atomic mass is 32.1. The number of benzene rings is 1. The molecule has 6 rings (SSSR count). The van der Waals surface area contributed by atoms with Crippen molar-refractivity contribution in [1.29, 1.82) is 0 Å². The molecular weight excluding hydrogens is 550 g/mol. The molecule has 1 aromatic carbocycles. The topological polar surface area (TPSA) is 149 Å². The zero-order chi connectivity index (χ0) is 29.4. The number of imidazole rings is 1. The second-order valence-corrected chi connectivity index (χ2v) is 11.1. The van der Waals surface area contributed by atoms with Crippen LogP contribution in [0, 0.1) is 25.7 Å². The number of hydrogen-bond acceptors (Lipinski definition) is 8. The van der Waals surface area contributed by atoms with Crippen molar-refractivity contribution in [2.45, 2.75) is 39.8 Å². The lowest BCUT2D eigenvalue weighted by molar-refractivity contribution is 0.0940. The highest BCUT2D eigenvalue weighted by Gasteiger charge is 2.23. The van der Waals surface area contributed by atoms with Gasteiger partial charge in [-0.05, 0) is 50.3 Å². The number of H-pyrrole nitrogens is 1. The van der Waals surface area contributed by atoms with Gasteiger partial charge in [0.1, 0.15) is 5.56 Å². The normalized spacial score (nSPS) is 11.9. The van der Waals surface area contributed by atoms with E-state index in [0.29, 0.717) is 35.3 Å². The number of nitrogens with two attached hydrogens (primary N) is 1. The minimum Gasteiger partial charge on any atom is -0.381 e. The number of fused-ring (bicyclic) bond motifs is 2. The van der Waals surface area contributed by atoms with Crippen molar-refractivity contribution < 1.29 is 4.79 Å². The van der Waals surface area contributed by atoms with E-state index < -0.39 is 11.9 Å². The average molecular weight is 578 g/mol. The first-order chi connectivity index (χ1) is 20.3. The molecule has 1 atom stereocenters. The molecule has 0 saturated carbocycles. The molecular formula is C30H27N9O2S. The number of nitrogen functional groups attached to an aromatic ring is 1. The first-order valence-electron chi connectivity index (χ1n) is 13.3. The summed E-state index contributed by atoms with van der Waals surface area (Å²) < 4.78 is 3.17. The molecule has 0 bridgehead atoms. The largest absolute Gasteiger partial charge is 0.381 e. The molecule has 0 aliphatic heterocycles. The lowest BCUT2D eigenvalue weighted by Gasteiger charge is -2.21. The molecule has 0 spiro atoms. The maximum Gasteiger partial charge on any atom is 0.259 e. The number of aryl methyl sites for hydroxylation is 3. The van der Waals surface area contributed by atoms with E-state index in [0.717, 1.165) is 26.7 Å². The molecule has 0 unspecified atom stereocenters. The fourth-order valence-electron chi connectivity index (χ4n) is 4.91. The van der Waals surface area contributed by atoms with Crippen LogP contribution in [-0.4, -0.2) is 40.0 Å². The van der Waals surface area contributed by atoms with Crippen molar-refractivity contribution in [2.75, 3.05) is 5.73 Å². The summed E-state index contributed by atoms with van der Waals surface area (Å²) in [6.07, 6.45) is 7.32. The van der Waals surface area contributed by atoms with Gasteiger partial charge in [0.15, 0.2) is 11.5 Å². The summed E-state index contributed by atoms with van der Waals surface area (Å²) in [5.74, 6) is 5.96. The van der Waals surface area contributed by atoms with Crippen LogP contribution in [0.15, 0.2) is 60.0 Å². The second kappa shape index (κ2) is 10.9. The standard InChI is InChI=1S/C30H27N9O2S/c1-17-9-12-39-28(35-17)26(27(31)37-39)29(40)36-18(2)24-13-21-6-4-5-20(7-8-23-15-33-19(3)42-23)25(21)30(41)38(24)11-10-22-14-32-16-34-22/h4-6,9,12-16,18H,10-11H2,1-3H3,(H2,31,37)(H,32,34)(H,36,40)/t18-/m0/s1. The van der Waals surface area contributed by atoms with E-state index in [9.17, 15) is 9.59 Å². The molecule has 1 amide bonds. The molecule has 12 heteroatoms. The number of carbonyl (C=O) groups excluding carboxylic acids is 1. The molecule has 0 fully saturated rings. The number of carbonyl (C=O) groups is 1. The van der Waals surface area contributed by atoms with Crippen LogP contribution in [0.1, 0.15) is 55.9 Å². The van der Waals surface area contributed by atoms with Crippen LogP contribution in [0.5, 0.6) is 0 Å². The Kier molecular flexibility index (Phi) is 7.02. The van der Waals surface area contributed by atoms with Crippen LogP contribution in [0.25, 0.3) is 16.4 Å². The SMILES string of the molecule is Cc1ccn2nc(N)c(C(=O)N[C@@H](C)c3cc4cccc(C#Cc5cnc(C)s5)c4c(=O)n3CCc3cnc[nH]3)c2n1. The van der Waals surface area contributed by atoms with Crippen molar-refractivity contribution in [2.24, 2.45) is 0 Å². The predicted octanol–water partition coefficient (Wildman–Crippen LogP) is 3.56. The Morgan fingerprint density at radius 1 is 1.21 bits per heavy atom. The van der Waals surface area contributed by atoms with E-state index in [4.69, 9.17) is 5.73 Å². The van der Waals surface area contributed by atoms with Gasteiger partial charge in [-0.25, -0.2) is 19.5 Å². The quantitative estimate of drug-likeness (QED) is 0.256. The Morgan fingerprint density at radius 3 is 2.83 bits per heavy atom. The number of anilines is 1. The molecule has 0 radical (unpaired) electrons. The lowest BCUT2D eigenvalue weighted by atomic mass is 10.0. The summed E-state index contributed by atoms with van der Waals surface area (Å²) in [7, 11) is 0. The van der Waals surface area contributed by atoms with Gasteiger partial charge in [-0.1, -0.05) is 18.1 Å². The second-order valence-electron chi connectivity index (χ2n) is 9.91. The van der Waals surface area contributed by atoms with Crippen LogP contribution in [-0.2, 0) is 13.0 Å². The van der Waals surface area contributed by atoms with Crippen LogP contribution in [0.2, 0.25) is 0 Å². The zero-order valence-electron chi connectivity index (χ0n) is 23.2. The van der Waals surface area contributed by atoms with Gasteiger partial charge in [-0.3, -0.25) is 9.59 Å². The Balaban J connectivity index is 1.42. The third kappa shape index (κ3) is 5.13. The predicted molar refractivity (Wildman–Crippen MR) is 161 cm³/mol. The Hall–Kier alpha value is -5.28. The average Bonchev–Trinajstić information content (AvgIpc) is 3.70. The molecule has 0 aliphatic rings. The van der Waals surface area contributed by atoms with Crippen LogP contribution < -0.4 is 16.6 Å². The first-order valence-corrected chi connectivity index (χ1v) is 14.1. The summed E-state index contributed by atoms with van der Waals surface area (Å²) in [6, 6.07) is 8.76. The first kappa shape index (κ1) is 26.9. The summed E-state index contributed by atoms with van der Waals surface area (Å²) >= 11 is 1.50. The van der Waals surface area contributed by atoms with Gasteiger partial charge in [0.25, 0.3) is 11.5 Å². The van der Waals surface area contributed by atoms with Crippen molar-refractivity contribution in [3.63, 3.8) is 0 Å². The summed E-state index contributed by atoms with van der Waals surface area (Å²) in [5, 5.41) is 9.42. The fraction of sp³-hybridized carbons (Fsp3) is 0.200. The number of rotatable bonds is 6. The minimum absolute atomic E-state index is 0.0762. The van der Waals surface area contributed by atoms with Crippen molar-refractivity contribution >= 4 is 39.5 Å². The summed E-state index contributed by atoms with van der Waals surface area (Å²) in [4.78, 5) is 44.4. The summed E-state index contributed by atoms with van der Waals surface area (Å²) in [5.41, 5.74) is 9.38. The van der Waals surface area contributed by atoms with E-state index >= 15 is 0 Å². The van der Waals surface area contributed by atoms with Gasteiger partial charge in [0.2, 0.25) is 0 Å². The van der Waals surface area contributed by atoms with E-state index in [1.54, 1.807) is 35.6 Å². The lowest BCUT2D eigenvalue weighted by Crippen LogP contribution is -2.33. The van der Waals surface area contributed by atoms with Crippen LogP contribution >= 0.6 is 11.3 Å². The maximum atomic E-state index is 14.1. The molecule has 4 N–H and O–H groups in total. The van der Waals surface area contributed by atoms with Crippen LogP contribution in [0.4, 0.5) is 5.82 Å². The van der Waals surface area contributed by atoms with Crippen LogP contribution in [0.3, 0.4) is 0 Å². The number of nitrogens with zero attached hydrogens (tertiary/aromatic N) is 6. The molecule has 210 valence electrons. The Bertz CT molecular complexity index is 2080. The number of thiazole rings is 1. The number of aromatic amines is 1. The third-order valence-corrected chi connectivity index (χ3v) is 7.77. The highest BCUT2D eigenvalue weighted by Crippen LogP contribution is 2.23. The number of hydrogen-bond donors (Lipinski definition) is 3. The molecule has 0 aliphatic carbocycles. The van der Waals surface area contributed by atoms with Crippen molar-refractivity contribution in [3.05, 3.63) is 104 Å². The molecule has 5 aromatic heterocycles. The van der Waals surface area contributed by atoms with Gasteiger partial charge >= 0.3 is 0 Å². The Labute approximate surface area is 244 Å². The fourth-order valence-corrected chi connectivity index (χ4v) is 5.54. The van der Waals surface area contributed by atoms with Crippen molar-refractivity contribution in [1.82, 2.24) is 39.4 Å². The Morgan fingerprint density at radius 2 is 2.07 bits per heavy atom. The molecule has 11 nitrogen and oxygen atoms in total. The molecule has 5 heterocycles. The van der Waals surface area contributed by atoms with Gasteiger partial charge < -0.3 is 20.6 Å². The van der Waals surface area contributed by atoms with E-state index in [1.807, 2.05) is 45.0 Å². The third-order valence-electron chi connectivity index (χ3n) is 6.94. The maximum absolute atomic E-state index is 14.1. The number of nitrogens with one attached hydrogen (secondary N) is 2. The van der Waals surface area contributed by atoms with Gasteiger partial charge in [-0.2, -0.15) is 0 Å². The van der Waals surface area contributed by atoms with E-state index in [-0.39, 0.29) is 16.9 Å². The number of pyridine rings is 1. The number of amides is 1. The van der Waals surface area contributed by atoms with Crippen molar-refractivity contribution in [3.8, 4) is 11.8 Å². The minimum atomic E-state index is -0.551. The van der Waals surface area contributed by atoms with E-state index in [1.165, 1.54) is 15.9 Å². The van der Waals surface area contributed by atoms with Gasteiger partial charge in [0.05, 0.1) is 33.8 Å². The van der Waals surface area contributed by atoms with E-state index in [2.05, 4.69) is 42.2 Å². The molecule has 6 aromatic rings. The number of aromatic nitrogens is 7. The monoisotopic (exact) mass is 577 g/mol. The highest BCUT2D eigenvalue weighted by molar-refractivity contribution is 7.12. The zero-order valence-corrected chi connectivity index (χ0v) is 24.0. The molecule has 0 saturated heterocycles. The van der Waals surface area contributed by atoms with Gasteiger partial charge in [-0.15, -0.1) is 16.4 Å². The molecule has 42 heavy (non-hydrogen) atoms. The summed E-state index contributed by atoms with van der Waals surface area (Å²) in [6.45, 7) is 5.95. The van der Waals surface area contributed by atoms with Gasteiger partial charge in [0, 0.05) is 48.0 Å². The smallest absolute Gasteiger partial charge is 0.259 e.